The van der Waals surface area contributed by atoms with E-state index in [1.807, 2.05) is 24.3 Å². The second-order valence-corrected chi connectivity index (χ2v) is 6.36. The fraction of sp³-hybridized carbons (Fsp3) is 0.647. The minimum absolute atomic E-state index is 0.240. The van der Waals surface area contributed by atoms with Gasteiger partial charge in [-0.15, -0.1) is 0 Å². The fourth-order valence-corrected chi connectivity index (χ4v) is 3.30. The standard InChI is InChI=1S/C17H24O3/c1-11-7-8-13(9-12(11)2)20-16-10-19-15-6-4-3-5-14(15)17(16)18/h3-6,11-13,16-18H,7-10H2,1-2H3. The molecule has 1 N–H and O–H groups in total. The molecule has 1 aromatic carbocycles. The van der Waals surface area contributed by atoms with Gasteiger partial charge in [-0.1, -0.05) is 32.0 Å². The van der Waals surface area contributed by atoms with E-state index >= 15 is 0 Å². The topological polar surface area (TPSA) is 38.7 Å². The first kappa shape index (κ1) is 13.9. The highest BCUT2D eigenvalue weighted by atomic mass is 16.6. The van der Waals surface area contributed by atoms with Crippen LogP contribution in [0.25, 0.3) is 0 Å². The highest BCUT2D eigenvalue weighted by molar-refractivity contribution is 5.37. The van der Waals surface area contributed by atoms with E-state index in [1.54, 1.807) is 0 Å². The molecule has 1 saturated carbocycles. The Bertz CT molecular complexity index is 459. The van der Waals surface area contributed by atoms with Crippen LogP contribution in [0.4, 0.5) is 0 Å². The molecule has 0 amide bonds. The molecular formula is C17H24O3. The fourth-order valence-electron chi connectivity index (χ4n) is 3.30. The summed E-state index contributed by atoms with van der Waals surface area (Å²) in [4.78, 5) is 0. The SMILES string of the molecule is CC1CCC(OC2COc3ccccc3C2O)CC1C. The van der Waals surface area contributed by atoms with Crippen molar-refractivity contribution in [2.45, 2.75) is 51.4 Å². The van der Waals surface area contributed by atoms with Gasteiger partial charge in [-0.25, -0.2) is 0 Å². The predicted octanol–water partition coefficient (Wildman–Crippen LogP) is 3.32. The van der Waals surface area contributed by atoms with Gasteiger partial charge in [0.2, 0.25) is 0 Å². The molecule has 20 heavy (non-hydrogen) atoms. The Morgan fingerprint density at radius 1 is 1.15 bits per heavy atom. The molecule has 110 valence electrons. The van der Waals surface area contributed by atoms with Crippen molar-refractivity contribution in [1.82, 2.24) is 0 Å². The molecule has 0 bridgehead atoms. The molecule has 0 aromatic heterocycles. The Kier molecular flexibility index (Phi) is 3.99. The van der Waals surface area contributed by atoms with Crippen LogP contribution in [0.2, 0.25) is 0 Å². The molecule has 1 heterocycles. The predicted molar refractivity (Wildman–Crippen MR) is 77.7 cm³/mol. The van der Waals surface area contributed by atoms with Crippen LogP contribution in [-0.4, -0.2) is 23.9 Å². The maximum atomic E-state index is 10.5. The molecule has 1 aliphatic carbocycles. The maximum absolute atomic E-state index is 10.5. The Labute approximate surface area is 120 Å². The zero-order valence-corrected chi connectivity index (χ0v) is 12.3. The number of ether oxygens (including phenoxy) is 2. The Morgan fingerprint density at radius 3 is 2.75 bits per heavy atom. The van der Waals surface area contributed by atoms with Crippen molar-refractivity contribution in [1.29, 1.82) is 0 Å². The number of hydrogen-bond acceptors (Lipinski definition) is 3. The molecule has 5 unspecified atom stereocenters. The van der Waals surface area contributed by atoms with E-state index < -0.39 is 6.10 Å². The second-order valence-electron chi connectivity index (χ2n) is 6.36. The van der Waals surface area contributed by atoms with Crippen LogP contribution in [0, 0.1) is 11.8 Å². The van der Waals surface area contributed by atoms with E-state index in [9.17, 15) is 5.11 Å². The lowest BCUT2D eigenvalue weighted by Crippen LogP contribution is -2.38. The molecule has 2 aliphatic rings. The molecule has 5 atom stereocenters. The summed E-state index contributed by atoms with van der Waals surface area (Å²) in [7, 11) is 0. The van der Waals surface area contributed by atoms with Gasteiger partial charge in [0.25, 0.3) is 0 Å². The zero-order valence-electron chi connectivity index (χ0n) is 12.3. The lowest BCUT2D eigenvalue weighted by molar-refractivity contribution is -0.121. The van der Waals surface area contributed by atoms with Crippen molar-refractivity contribution >= 4 is 0 Å². The largest absolute Gasteiger partial charge is 0.490 e. The number of benzene rings is 1. The number of para-hydroxylation sites is 1. The van der Waals surface area contributed by atoms with Crippen LogP contribution >= 0.6 is 0 Å². The van der Waals surface area contributed by atoms with Gasteiger partial charge in [-0.05, 0) is 37.2 Å². The molecule has 0 spiro atoms. The molecule has 0 saturated heterocycles. The van der Waals surface area contributed by atoms with Gasteiger partial charge < -0.3 is 14.6 Å². The van der Waals surface area contributed by atoms with Crippen molar-refractivity contribution in [3.63, 3.8) is 0 Å². The highest BCUT2D eigenvalue weighted by Crippen LogP contribution is 2.36. The summed E-state index contributed by atoms with van der Waals surface area (Å²) in [5.74, 6) is 2.26. The molecular weight excluding hydrogens is 252 g/mol. The normalized spacial score (nSPS) is 37.0. The Hall–Kier alpha value is -1.06. The van der Waals surface area contributed by atoms with Crippen LogP contribution in [0.5, 0.6) is 5.75 Å². The quantitative estimate of drug-likeness (QED) is 0.900. The highest BCUT2D eigenvalue weighted by Gasteiger charge is 2.34. The third kappa shape index (κ3) is 2.70. The van der Waals surface area contributed by atoms with E-state index in [1.165, 1.54) is 6.42 Å². The molecule has 3 rings (SSSR count). The van der Waals surface area contributed by atoms with Crippen LogP contribution in [0.15, 0.2) is 24.3 Å². The number of aliphatic hydroxyl groups is 1. The van der Waals surface area contributed by atoms with Gasteiger partial charge >= 0.3 is 0 Å². The summed E-state index contributed by atoms with van der Waals surface area (Å²) < 4.78 is 11.9. The summed E-state index contributed by atoms with van der Waals surface area (Å²) in [6.45, 7) is 5.05. The minimum Gasteiger partial charge on any atom is -0.490 e. The van der Waals surface area contributed by atoms with Crippen molar-refractivity contribution in [2.24, 2.45) is 11.8 Å². The van der Waals surface area contributed by atoms with Gasteiger partial charge in [-0.2, -0.15) is 0 Å². The van der Waals surface area contributed by atoms with Gasteiger partial charge in [-0.3, -0.25) is 0 Å². The van der Waals surface area contributed by atoms with Crippen LogP contribution in [-0.2, 0) is 4.74 Å². The molecule has 0 radical (unpaired) electrons. The summed E-state index contributed by atoms with van der Waals surface area (Å²) in [5, 5.41) is 10.5. The second kappa shape index (κ2) is 5.74. The van der Waals surface area contributed by atoms with Crippen LogP contribution < -0.4 is 4.74 Å². The van der Waals surface area contributed by atoms with Crippen LogP contribution in [0.3, 0.4) is 0 Å². The summed E-state index contributed by atoms with van der Waals surface area (Å²) in [6.07, 6.45) is 2.84. The molecule has 3 nitrogen and oxygen atoms in total. The summed E-state index contributed by atoms with van der Waals surface area (Å²) in [5.41, 5.74) is 0.848. The smallest absolute Gasteiger partial charge is 0.125 e. The maximum Gasteiger partial charge on any atom is 0.125 e. The summed E-state index contributed by atoms with van der Waals surface area (Å²) >= 11 is 0. The van der Waals surface area contributed by atoms with E-state index in [0.717, 1.165) is 30.1 Å². The third-order valence-corrected chi connectivity index (χ3v) is 4.91. The van der Waals surface area contributed by atoms with E-state index in [0.29, 0.717) is 12.5 Å². The molecule has 1 aliphatic heterocycles. The number of hydrogen-bond donors (Lipinski definition) is 1. The van der Waals surface area contributed by atoms with E-state index in [2.05, 4.69) is 13.8 Å². The lowest BCUT2D eigenvalue weighted by Gasteiger charge is -2.37. The molecule has 1 fully saturated rings. The van der Waals surface area contributed by atoms with E-state index in [4.69, 9.17) is 9.47 Å². The first-order chi connectivity index (χ1) is 9.65. The monoisotopic (exact) mass is 276 g/mol. The number of rotatable bonds is 2. The Morgan fingerprint density at radius 2 is 1.95 bits per heavy atom. The molecule has 3 heteroatoms. The third-order valence-electron chi connectivity index (χ3n) is 4.91. The summed E-state index contributed by atoms with van der Waals surface area (Å²) in [6, 6.07) is 7.68. The number of aliphatic hydroxyl groups excluding tert-OH is 1. The molecule has 1 aromatic rings. The van der Waals surface area contributed by atoms with Gasteiger partial charge in [0.05, 0.1) is 6.10 Å². The van der Waals surface area contributed by atoms with Crippen molar-refractivity contribution < 1.29 is 14.6 Å². The van der Waals surface area contributed by atoms with Crippen molar-refractivity contribution in [3.8, 4) is 5.75 Å². The first-order valence-corrected chi connectivity index (χ1v) is 7.70. The minimum atomic E-state index is -0.574. The van der Waals surface area contributed by atoms with Gasteiger partial charge in [0.15, 0.2) is 0 Å². The van der Waals surface area contributed by atoms with Gasteiger partial charge in [0.1, 0.15) is 24.6 Å². The van der Waals surface area contributed by atoms with E-state index in [-0.39, 0.29) is 12.2 Å². The average molecular weight is 276 g/mol. The van der Waals surface area contributed by atoms with Crippen LogP contribution in [0.1, 0.15) is 44.8 Å². The first-order valence-electron chi connectivity index (χ1n) is 7.70. The Balaban J connectivity index is 1.65. The number of fused-ring (bicyclic) bond motifs is 1. The lowest BCUT2D eigenvalue weighted by atomic mass is 9.80. The zero-order chi connectivity index (χ0) is 14.1. The average Bonchev–Trinajstić information content (AvgIpc) is 2.46. The van der Waals surface area contributed by atoms with Crippen molar-refractivity contribution in [2.75, 3.05) is 6.61 Å². The van der Waals surface area contributed by atoms with Crippen molar-refractivity contribution in [3.05, 3.63) is 29.8 Å². The van der Waals surface area contributed by atoms with Gasteiger partial charge in [0, 0.05) is 5.56 Å².